The number of benzene rings is 1. The van der Waals surface area contributed by atoms with Crippen molar-refractivity contribution in [3.63, 3.8) is 0 Å². The maximum absolute atomic E-state index is 13.2. The van der Waals surface area contributed by atoms with Gasteiger partial charge in [-0.25, -0.2) is 9.59 Å². The lowest BCUT2D eigenvalue weighted by Crippen LogP contribution is -2.55. The van der Waals surface area contributed by atoms with Gasteiger partial charge in [0.25, 0.3) is 0 Å². The Labute approximate surface area is 198 Å². The van der Waals surface area contributed by atoms with E-state index in [1.54, 1.807) is 16.5 Å². The zero-order valence-corrected chi connectivity index (χ0v) is 20.4. The number of carbonyl (C=O) groups is 3. The van der Waals surface area contributed by atoms with Gasteiger partial charge in [0.1, 0.15) is 6.04 Å². The minimum Gasteiger partial charge on any atom is -0.465 e. The van der Waals surface area contributed by atoms with E-state index in [1.807, 2.05) is 25.2 Å². The van der Waals surface area contributed by atoms with E-state index in [9.17, 15) is 24.3 Å². The first-order valence-electron chi connectivity index (χ1n) is 11.7. The lowest BCUT2D eigenvalue weighted by molar-refractivity contribution is -0.135. The third-order valence-electron chi connectivity index (χ3n) is 7.35. The predicted molar refractivity (Wildman–Crippen MR) is 128 cm³/mol. The molecule has 0 saturated carbocycles. The summed E-state index contributed by atoms with van der Waals surface area (Å²) in [7, 11) is 3.67. The zero-order valence-electron chi connectivity index (χ0n) is 20.4. The number of piperidine rings is 2. The number of aromatic nitrogens is 2. The van der Waals surface area contributed by atoms with Crippen LogP contribution in [0.25, 0.3) is 11.0 Å². The van der Waals surface area contributed by atoms with Gasteiger partial charge in [0.05, 0.1) is 16.7 Å². The third-order valence-corrected chi connectivity index (χ3v) is 7.35. The number of imide groups is 1. The van der Waals surface area contributed by atoms with E-state index in [-0.39, 0.29) is 41.9 Å². The Bertz CT molecular complexity index is 1210. The van der Waals surface area contributed by atoms with Crippen LogP contribution in [0.3, 0.4) is 0 Å². The van der Waals surface area contributed by atoms with Gasteiger partial charge in [-0.05, 0) is 36.8 Å². The third kappa shape index (κ3) is 3.95. The summed E-state index contributed by atoms with van der Waals surface area (Å²) in [5.74, 6) is -0.783. The van der Waals surface area contributed by atoms with Crippen molar-refractivity contribution in [2.45, 2.75) is 64.6 Å². The van der Waals surface area contributed by atoms with Crippen LogP contribution in [0.2, 0.25) is 0 Å². The summed E-state index contributed by atoms with van der Waals surface area (Å²) in [6.07, 6.45) is 0.921. The van der Waals surface area contributed by atoms with Crippen LogP contribution >= 0.6 is 0 Å². The number of imidazole rings is 1. The maximum atomic E-state index is 13.2. The fourth-order valence-corrected chi connectivity index (χ4v) is 5.48. The summed E-state index contributed by atoms with van der Waals surface area (Å²) in [6, 6.07) is 4.85. The molecule has 2 aliphatic heterocycles. The maximum Gasteiger partial charge on any atom is 0.407 e. The number of anilines is 1. The molecule has 3 amide bonds. The number of rotatable bonds is 3. The number of hydrogen-bond acceptors (Lipinski definition) is 5. The highest BCUT2D eigenvalue weighted by Gasteiger charge is 2.40. The van der Waals surface area contributed by atoms with Crippen molar-refractivity contribution < 1.29 is 19.5 Å². The molecule has 3 atom stereocenters. The number of nitrogens with zero attached hydrogens (tertiary/aromatic N) is 4. The van der Waals surface area contributed by atoms with Crippen LogP contribution in [-0.4, -0.2) is 62.7 Å². The van der Waals surface area contributed by atoms with Crippen molar-refractivity contribution in [3.8, 4) is 0 Å². The summed E-state index contributed by atoms with van der Waals surface area (Å²) in [6.45, 7) is 6.61. The quantitative estimate of drug-likeness (QED) is 0.664. The molecule has 2 aromatic rings. The second-order valence-electron chi connectivity index (χ2n) is 10.5. The van der Waals surface area contributed by atoms with Crippen LogP contribution in [0.4, 0.5) is 10.5 Å². The number of amides is 3. The molecule has 3 heterocycles. The topological polar surface area (TPSA) is 117 Å². The van der Waals surface area contributed by atoms with E-state index in [0.717, 1.165) is 5.69 Å². The number of likely N-dealkylation sites (tertiary alicyclic amines) is 1. The van der Waals surface area contributed by atoms with Crippen molar-refractivity contribution in [2.75, 3.05) is 18.5 Å². The number of hydrogen-bond donors (Lipinski definition) is 2. The van der Waals surface area contributed by atoms with E-state index >= 15 is 0 Å². The summed E-state index contributed by atoms with van der Waals surface area (Å²) in [4.78, 5) is 52.9. The molecule has 4 rings (SSSR count). The molecule has 10 nitrogen and oxygen atoms in total. The molecule has 0 radical (unpaired) electrons. The first-order valence-corrected chi connectivity index (χ1v) is 11.7. The fraction of sp³-hybridized carbons (Fsp3) is 0.583. The van der Waals surface area contributed by atoms with Gasteiger partial charge in [-0.1, -0.05) is 26.8 Å². The van der Waals surface area contributed by atoms with E-state index < -0.39 is 18.0 Å². The average Bonchev–Trinajstić information content (AvgIpc) is 3.02. The highest BCUT2D eigenvalue weighted by atomic mass is 16.4. The standard InChI is InChI=1S/C24H33N5O5/c1-24(2,3)18-13-14(11-12-28(18)23(33)34)26(4)15-7-6-8-16-20(15)27(5)22(32)29(16)17-9-10-19(30)25-21(17)31/h6-8,14,17-18H,9-13H2,1-5H3,(H,33,34)(H,25,30,31). The van der Waals surface area contributed by atoms with Gasteiger partial charge in [-0.2, -0.15) is 0 Å². The minimum absolute atomic E-state index is 0.0828. The Morgan fingerprint density at radius 2 is 1.88 bits per heavy atom. The second-order valence-corrected chi connectivity index (χ2v) is 10.5. The van der Waals surface area contributed by atoms with Crippen LogP contribution in [0.5, 0.6) is 0 Å². The minimum atomic E-state index is -0.896. The zero-order chi connectivity index (χ0) is 24.9. The molecule has 1 aromatic heterocycles. The molecule has 2 fully saturated rings. The summed E-state index contributed by atoms with van der Waals surface area (Å²) in [5, 5.41) is 12.0. The Morgan fingerprint density at radius 3 is 2.50 bits per heavy atom. The summed E-state index contributed by atoms with van der Waals surface area (Å²) in [5.41, 5.74) is 1.68. The second kappa shape index (κ2) is 8.48. The van der Waals surface area contributed by atoms with Crippen molar-refractivity contribution in [1.29, 1.82) is 0 Å². The van der Waals surface area contributed by atoms with E-state index in [2.05, 4.69) is 31.0 Å². The van der Waals surface area contributed by atoms with Gasteiger partial charge in [0, 0.05) is 39.1 Å². The number of aryl methyl sites for hydroxylation is 1. The normalized spacial score (nSPS) is 23.8. The molecule has 2 N–H and O–H groups in total. The molecule has 0 spiro atoms. The van der Waals surface area contributed by atoms with Crippen molar-refractivity contribution in [1.82, 2.24) is 19.4 Å². The van der Waals surface area contributed by atoms with Crippen LogP contribution in [-0.2, 0) is 16.6 Å². The van der Waals surface area contributed by atoms with E-state index in [4.69, 9.17) is 0 Å². The lowest BCUT2D eigenvalue weighted by Gasteiger charge is -2.47. The lowest BCUT2D eigenvalue weighted by atomic mass is 9.79. The molecule has 0 bridgehead atoms. The molecule has 3 unspecified atom stereocenters. The molecular formula is C24H33N5O5. The Morgan fingerprint density at radius 1 is 1.18 bits per heavy atom. The van der Waals surface area contributed by atoms with Crippen LogP contribution in [0.1, 0.15) is 52.5 Å². The molecule has 1 aromatic carbocycles. The van der Waals surface area contributed by atoms with Gasteiger partial charge in [-0.15, -0.1) is 0 Å². The molecule has 10 heteroatoms. The van der Waals surface area contributed by atoms with Crippen molar-refractivity contribution >= 4 is 34.6 Å². The van der Waals surface area contributed by atoms with Gasteiger partial charge in [-0.3, -0.25) is 24.0 Å². The van der Waals surface area contributed by atoms with Crippen molar-refractivity contribution in [2.24, 2.45) is 12.5 Å². The van der Waals surface area contributed by atoms with E-state index in [1.165, 1.54) is 4.57 Å². The number of fused-ring (bicyclic) bond motifs is 1. The van der Waals surface area contributed by atoms with Crippen LogP contribution < -0.4 is 15.9 Å². The molecular weight excluding hydrogens is 438 g/mol. The van der Waals surface area contributed by atoms with Gasteiger partial charge in [0.2, 0.25) is 11.8 Å². The van der Waals surface area contributed by atoms with Gasteiger partial charge in [0.15, 0.2) is 0 Å². The van der Waals surface area contributed by atoms with Crippen molar-refractivity contribution in [3.05, 3.63) is 28.7 Å². The molecule has 184 valence electrons. The Balaban J connectivity index is 1.73. The Kier molecular flexibility index (Phi) is 5.95. The van der Waals surface area contributed by atoms with Crippen LogP contribution in [0.15, 0.2) is 23.0 Å². The first kappa shape index (κ1) is 23.8. The molecule has 0 aliphatic carbocycles. The highest BCUT2D eigenvalue weighted by molar-refractivity contribution is 6.00. The van der Waals surface area contributed by atoms with E-state index in [0.29, 0.717) is 30.4 Å². The largest absolute Gasteiger partial charge is 0.465 e. The first-order chi connectivity index (χ1) is 15.9. The number of carboxylic acid groups (broad SMARTS) is 1. The molecule has 34 heavy (non-hydrogen) atoms. The molecule has 2 saturated heterocycles. The predicted octanol–water partition coefficient (Wildman–Crippen LogP) is 2.31. The smallest absolute Gasteiger partial charge is 0.407 e. The van der Waals surface area contributed by atoms with Crippen LogP contribution in [0, 0.1) is 5.41 Å². The number of carbonyl (C=O) groups excluding carboxylic acids is 2. The highest BCUT2D eigenvalue weighted by Crippen LogP contribution is 2.37. The summed E-state index contributed by atoms with van der Waals surface area (Å²) >= 11 is 0. The average molecular weight is 472 g/mol. The molecule has 2 aliphatic rings. The Hall–Kier alpha value is -3.30. The fourth-order valence-electron chi connectivity index (χ4n) is 5.48. The number of nitrogens with one attached hydrogen (secondary N) is 1. The van der Waals surface area contributed by atoms with Gasteiger partial charge >= 0.3 is 11.8 Å². The number of para-hydroxylation sites is 1. The monoisotopic (exact) mass is 471 g/mol. The van der Waals surface area contributed by atoms with Gasteiger partial charge < -0.3 is 14.9 Å². The summed E-state index contributed by atoms with van der Waals surface area (Å²) < 4.78 is 3.04. The SMILES string of the molecule is CN(c1cccc2c1n(C)c(=O)n2C1CCC(=O)NC1=O)C1CCN(C(=O)O)C(C(C)(C)C)C1.